The van der Waals surface area contributed by atoms with Gasteiger partial charge in [-0.3, -0.25) is 20.2 Å². The third-order valence-corrected chi connectivity index (χ3v) is 0.980. The van der Waals surface area contributed by atoms with E-state index in [9.17, 15) is 20.2 Å². The van der Waals surface area contributed by atoms with Gasteiger partial charge in [0.15, 0.2) is 0 Å². The molecule has 0 saturated heterocycles. The number of quaternary nitrogens is 2. The minimum Gasteiger partial charge on any atom is -0.353 e. The lowest BCUT2D eigenvalue weighted by Crippen LogP contribution is -2.64. The summed E-state index contributed by atoms with van der Waals surface area (Å²) in [6, 6.07) is 0.463. The van der Waals surface area contributed by atoms with E-state index in [-0.39, 0.29) is 12.1 Å². The van der Waals surface area contributed by atoms with Crippen molar-refractivity contribution < 1.29 is 21.3 Å². The van der Waals surface area contributed by atoms with Gasteiger partial charge in [-0.15, -0.1) is 37.5 Å². The van der Waals surface area contributed by atoms with Gasteiger partial charge >= 0.3 is 0 Å². The fourth-order valence-electron chi connectivity index (χ4n) is 0. The lowest BCUT2D eigenvalue weighted by molar-refractivity contribution is -0.461. The lowest BCUT2D eigenvalue weighted by atomic mass is 10.4. The molecule has 0 spiro atoms. The number of hydrogen-bond acceptors (Lipinski definition) is 4. The van der Waals surface area contributed by atoms with Crippen molar-refractivity contribution in [2.45, 2.75) is 27.7 Å². The van der Waals surface area contributed by atoms with Crippen LogP contribution >= 0.6 is 0 Å². The van der Waals surface area contributed by atoms with Crippen LogP contribution in [-0.2, 0) is 0 Å². The second-order valence-electron chi connectivity index (χ2n) is 3.12. The zero-order chi connectivity index (χ0) is 13.7. The molecule has 0 unspecified atom stereocenters. The monoisotopic (exact) mass is 238 g/mol. The molecule has 0 aromatic rings. The Morgan fingerprint density at radius 3 is 1.00 bits per heavy atom. The van der Waals surface area contributed by atoms with Crippen molar-refractivity contribution >= 4 is 0 Å². The van der Waals surface area contributed by atoms with Crippen molar-refractivity contribution in [2.75, 3.05) is 13.1 Å². The minimum atomic E-state index is -0.417. The highest BCUT2D eigenvalue weighted by molar-refractivity contribution is 4.56. The van der Waals surface area contributed by atoms with Crippen LogP contribution in [0.3, 0.4) is 0 Å². The third-order valence-electron chi connectivity index (χ3n) is 0.980. The number of rotatable bonds is 3. The molecule has 8 nitrogen and oxygen atoms in total. The number of nitrogens with zero attached hydrogens (tertiary/aromatic N) is 2. The van der Waals surface area contributed by atoms with E-state index in [1.807, 2.05) is 0 Å². The molecule has 0 aromatic heterocycles. The van der Waals surface area contributed by atoms with Gasteiger partial charge in [0.25, 0.3) is 0 Å². The Morgan fingerprint density at radius 2 is 1.00 bits per heavy atom. The molecule has 0 radical (unpaired) electrons. The molecule has 0 atom stereocenters. The molecular formula is C8H22N4O4. The van der Waals surface area contributed by atoms with Gasteiger partial charge in [0.2, 0.25) is 0 Å². The lowest BCUT2D eigenvalue weighted by Gasteiger charge is -2.03. The molecular weight excluding hydrogens is 216 g/mol. The summed E-state index contributed by atoms with van der Waals surface area (Å²) < 4.78 is 0. The zero-order valence-corrected chi connectivity index (χ0v) is 10.4. The van der Waals surface area contributed by atoms with Crippen LogP contribution in [0.4, 0.5) is 0 Å². The van der Waals surface area contributed by atoms with Gasteiger partial charge in [-0.25, -0.2) is 0 Å². The average molecular weight is 238 g/mol. The molecule has 0 bridgehead atoms. The Labute approximate surface area is 95.3 Å². The van der Waals surface area contributed by atoms with Crippen molar-refractivity contribution in [1.82, 2.24) is 0 Å². The van der Waals surface area contributed by atoms with E-state index in [0.717, 1.165) is 13.1 Å². The summed E-state index contributed by atoms with van der Waals surface area (Å²) in [7, 11) is 0. The van der Waals surface area contributed by atoms with Gasteiger partial charge in [-0.2, -0.15) is 0 Å². The van der Waals surface area contributed by atoms with E-state index < -0.39 is 9.85 Å². The van der Waals surface area contributed by atoms with Crippen LogP contribution in [0.1, 0.15) is 27.7 Å². The minimum absolute atomic E-state index is 0.231. The fourth-order valence-corrected chi connectivity index (χ4v) is 0. The van der Waals surface area contributed by atoms with E-state index in [1.54, 1.807) is 0 Å². The van der Waals surface area contributed by atoms with Crippen LogP contribution in [0.2, 0.25) is 0 Å². The summed E-state index contributed by atoms with van der Waals surface area (Å²) >= 11 is 0. The summed E-state index contributed by atoms with van der Waals surface area (Å²) in [5.74, 6) is 0. The van der Waals surface area contributed by atoms with E-state index in [1.165, 1.54) is 27.7 Å². The van der Waals surface area contributed by atoms with E-state index in [0.29, 0.717) is 0 Å². The molecule has 0 aliphatic rings. The van der Waals surface area contributed by atoms with Crippen LogP contribution in [0.15, 0.2) is 0 Å². The van der Waals surface area contributed by atoms with E-state index >= 15 is 0 Å². The molecule has 0 heterocycles. The molecule has 16 heavy (non-hydrogen) atoms. The van der Waals surface area contributed by atoms with Crippen LogP contribution in [-0.4, -0.2) is 22.9 Å². The van der Waals surface area contributed by atoms with Crippen molar-refractivity contribution in [3.63, 3.8) is 0 Å². The second kappa shape index (κ2) is 13.5. The van der Waals surface area contributed by atoms with E-state index in [2.05, 4.69) is 11.5 Å². The van der Waals surface area contributed by atoms with Gasteiger partial charge in [0.05, 0.1) is 0 Å². The summed E-state index contributed by atoms with van der Waals surface area (Å²) in [6.45, 7) is 7.75. The van der Waals surface area contributed by atoms with Crippen molar-refractivity contribution in [3.8, 4) is 0 Å². The van der Waals surface area contributed by atoms with E-state index in [4.69, 9.17) is 0 Å². The predicted molar refractivity (Wildman–Crippen MR) is 58.7 cm³/mol. The molecule has 0 aliphatic carbocycles. The van der Waals surface area contributed by atoms with Gasteiger partial charge in [0.1, 0.15) is 13.1 Å². The summed E-state index contributed by atoms with van der Waals surface area (Å²) in [4.78, 5) is 18.1. The van der Waals surface area contributed by atoms with Crippen LogP contribution in [0.5, 0.6) is 0 Å². The first-order valence-corrected chi connectivity index (χ1v) is 4.68. The molecule has 0 fully saturated rings. The molecule has 6 N–H and O–H groups in total. The predicted octanol–water partition coefficient (Wildman–Crippen LogP) is -0.860. The third kappa shape index (κ3) is 29.4. The highest BCUT2D eigenvalue weighted by Gasteiger charge is 1.82. The standard InChI is InChI=1S/2C3H6NO2.C2H8N2/c2*1-3(2)4(5)6;3-1-2-4/h2*1-2H3;1-4H2/q2*-1;/p+2. The Bertz CT molecular complexity index is 165. The summed E-state index contributed by atoms with van der Waals surface area (Å²) in [5.41, 5.74) is 7.08. The van der Waals surface area contributed by atoms with Gasteiger partial charge < -0.3 is 11.5 Å². The molecule has 0 amide bonds. The van der Waals surface area contributed by atoms with Crippen LogP contribution < -0.4 is 11.5 Å². The topological polar surface area (TPSA) is 142 Å². The maximum atomic E-state index is 9.47. The Balaban J connectivity index is -0.000000162. The van der Waals surface area contributed by atoms with Gasteiger partial charge in [-0.1, -0.05) is 12.1 Å². The first kappa shape index (κ1) is 19.9. The second-order valence-corrected chi connectivity index (χ2v) is 3.12. The Kier molecular flexibility index (Phi) is 16.8. The van der Waals surface area contributed by atoms with Gasteiger partial charge in [-0.05, 0) is 0 Å². The molecule has 8 heteroatoms. The highest BCUT2D eigenvalue weighted by atomic mass is 16.6. The van der Waals surface area contributed by atoms with Crippen LogP contribution in [0.25, 0.3) is 0 Å². The smallest absolute Gasteiger partial charge is 0.124 e. The Hall–Kier alpha value is -1.54. The first-order chi connectivity index (χ1) is 7.20. The SMILES string of the molecule is C[C-](C)[N+](=O)[O-].C[C-](C)[N+](=O)[O-].[NH3+]CC[NH3+]. The fraction of sp³-hybridized carbons (Fsp3) is 0.750. The van der Waals surface area contributed by atoms with Crippen molar-refractivity contribution in [1.29, 1.82) is 0 Å². The number of hydrogen-bond donors (Lipinski definition) is 2. The highest BCUT2D eigenvalue weighted by Crippen LogP contribution is 1.91. The molecule has 0 rings (SSSR count). The molecule has 0 aliphatic heterocycles. The summed E-state index contributed by atoms with van der Waals surface area (Å²) in [5, 5.41) is 18.9. The quantitative estimate of drug-likeness (QED) is 0.374. The van der Waals surface area contributed by atoms with Crippen molar-refractivity contribution in [3.05, 3.63) is 32.3 Å². The maximum Gasteiger partial charge on any atom is 0.124 e. The molecule has 98 valence electrons. The first-order valence-electron chi connectivity index (χ1n) is 4.68. The summed E-state index contributed by atoms with van der Waals surface area (Å²) in [6.07, 6.45) is 0. The average Bonchev–Trinajstić information content (AvgIpc) is 2.18. The number of nitro groups is 2. The maximum absolute atomic E-state index is 9.47. The largest absolute Gasteiger partial charge is 0.353 e. The van der Waals surface area contributed by atoms with Gasteiger partial charge in [0, 0.05) is 0 Å². The zero-order valence-electron chi connectivity index (χ0n) is 10.4. The van der Waals surface area contributed by atoms with Crippen molar-refractivity contribution in [2.24, 2.45) is 0 Å². The van der Waals surface area contributed by atoms with Crippen LogP contribution in [0, 0.1) is 32.3 Å². The normalized spacial score (nSPS) is 7.62. The molecule has 0 saturated carbocycles. The Morgan fingerprint density at radius 1 is 0.875 bits per heavy atom. The molecule has 0 aromatic carbocycles.